The smallest absolute Gasteiger partial charge is 0.297 e. The first kappa shape index (κ1) is 29.2. The van der Waals surface area contributed by atoms with Crippen LogP contribution in [0, 0.1) is 18.6 Å². The first-order chi connectivity index (χ1) is 22.8. The molecule has 4 aromatic carbocycles. The summed E-state index contributed by atoms with van der Waals surface area (Å²) >= 11 is 2.44. The summed E-state index contributed by atoms with van der Waals surface area (Å²) in [6, 6.07) is 24.0. The van der Waals surface area contributed by atoms with Gasteiger partial charge >= 0.3 is 0 Å². The monoisotopic (exact) mass is 664 g/mol. The Morgan fingerprint density at radius 2 is 1.57 bits per heavy atom. The Bertz CT molecular complexity index is 2310. The molecule has 0 bridgehead atoms. The van der Waals surface area contributed by atoms with Gasteiger partial charge in [-0.3, -0.25) is 19.3 Å². The summed E-state index contributed by atoms with van der Waals surface area (Å²) in [7, 11) is 0. The van der Waals surface area contributed by atoms with Crippen LogP contribution in [0.4, 0.5) is 19.6 Å². The summed E-state index contributed by atoms with van der Waals surface area (Å²) in [5.41, 5.74) is 0.920. The summed E-state index contributed by atoms with van der Waals surface area (Å²) in [6.45, 7) is 1.90. The number of carbonyl (C=O) groups is 2. The van der Waals surface area contributed by atoms with Crippen LogP contribution in [0.2, 0.25) is 0 Å². The second-order valence-electron chi connectivity index (χ2n) is 11.3. The molecular formula is C35H22F2N4O4S2. The molecule has 2 aliphatic heterocycles. The lowest BCUT2D eigenvalue weighted by Crippen LogP contribution is -2.53. The standard InChI is InChI=1S/C35H22F2N4O4S2/c1-19-6-15-27-24(16-19)29(42)28-30(45-27)31(43)41(33-38-39-34(47-33)46-18-21-9-13-23(37)14-10-21)35(28)25-4-2-3-5-26(25)40(32(35)44)17-20-7-11-22(36)12-8-20/h2-16H,17-18H2,1H3. The average Bonchev–Trinajstić information content (AvgIpc) is 3.71. The molecule has 2 aliphatic rings. The van der Waals surface area contributed by atoms with Crippen molar-refractivity contribution in [3.63, 3.8) is 0 Å². The number of halogens is 2. The molecule has 8 nitrogen and oxygen atoms in total. The third-order valence-electron chi connectivity index (χ3n) is 8.40. The van der Waals surface area contributed by atoms with E-state index >= 15 is 4.79 Å². The van der Waals surface area contributed by atoms with Crippen molar-refractivity contribution < 1.29 is 22.8 Å². The largest absolute Gasteiger partial charge is 0.450 e. The van der Waals surface area contributed by atoms with Gasteiger partial charge in [0.05, 0.1) is 23.2 Å². The van der Waals surface area contributed by atoms with Crippen molar-refractivity contribution in [3.05, 3.63) is 146 Å². The van der Waals surface area contributed by atoms with E-state index in [1.807, 2.05) is 6.92 Å². The van der Waals surface area contributed by atoms with Crippen LogP contribution in [0.3, 0.4) is 0 Å². The number of hydrogen-bond acceptors (Lipinski definition) is 8. The molecule has 47 heavy (non-hydrogen) atoms. The van der Waals surface area contributed by atoms with Gasteiger partial charge in [0.2, 0.25) is 10.9 Å². The highest BCUT2D eigenvalue weighted by Crippen LogP contribution is 2.55. The van der Waals surface area contributed by atoms with Crippen LogP contribution >= 0.6 is 23.1 Å². The maximum atomic E-state index is 15.0. The Morgan fingerprint density at radius 3 is 2.32 bits per heavy atom. The second-order valence-corrected chi connectivity index (χ2v) is 13.5. The quantitative estimate of drug-likeness (QED) is 0.140. The van der Waals surface area contributed by atoms with Gasteiger partial charge in [-0.1, -0.05) is 77.2 Å². The third-order valence-corrected chi connectivity index (χ3v) is 10.5. The number of fused-ring (bicyclic) bond motifs is 5. The van der Waals surface area contributed by atoms with Crippen LogP contribution in [0.5, 0.6) is 0 Å². The Hall–Kier alpha value is -5.20. The Kier molecular flexibility index (Phi) is 6.81. The highest BCUT2D eigenvalue weighted by Gasteiger charge is 2.66. The number of aryl methyl sites for hydroxylation is 1. The first-order valence-electron chi connectivity index (χ1n) is 14.5. The van der Waals surface area contributed by atoms with E-state index in [0.29, 0.717) is 26.9 Å². The van der Waals surface area contributed by atoms with Crippen molar-refractivity contribution in [3.8, 4) is 0 Å². The molecule has 8 rings (SSSR count). The summed E-state index contributed by atoms with van der Waals surface area (Å²) in [5, 5.41) is 9.01. The summed E-state index contributed by atoms with van der Waals surface area (Å²) in [5.74, 6) is -1.78. The molecular weight excluding hydrogens is 643 g/mol. The number of carbonyl (C=O) groups excluding carboxylic acids is 2. The molecule has 1 unspecified atom stereocenters. The molecule has 0 saturated heterocycles. The van der Waals surface area contributed by atoms with E-state index in [4.69, 9.17) is 4.42 Å². The van der Waals surface area contributed by atoms with Crippen LogP contribution < -0.4 is 15.2 Å². The van der Waals surface area contributed by atoms with Gasteiger partial charge in [0, 0.05) is 11.3 Å². The van der Waals surface area contributed by atoms with Crippen molar-refractivity contribution in [2.45, 2.75) is 29.1 Å². The molecule has 0 radical (unpaired) electrons. The molecule has 2 aromatic heterocycles. The molecule has 0 N–H and O–H groups in total. The minimum atomic E-state index is -1.94. The number of amides is 2. The van der Waals surface area contributed by atoms with Gasteiger partial charge in [0.15, 0.2) is 15.3 Å². The molecule has 0 saturated carbocycles. The van der Waals surface area contributed by atoms with Crippen LogP contribution in [0.25, 0.3) is 11.0 Å². The van der Waals surface area contributed by atoms with Crippen molar-refractivity contribution in [1.29, 1.82) is 0 Å². The lowest BCUT2D eigenvalue weighted by molar-refractivity contribution is -0.121. The fraction of sp³-hybridized carbons (Fsp3) is 0.114. The summed E-state index contributed by atoms with van der Waals surface area (Å²) < 4.78 is 33.9. The van der Waals surface area contributed by atoms with Gasteiger partial charge < -0.3 is 9.32 Å². The Morgan fingerprint density at radius 1 is 0.872 bits per heavy atom. The van der Waals surface area contributed by atoms with E-state index in [9.17, 15) is 18.4 Å². The second kappa shape index (κ2) is 11.0. The molecule has 6 aromatic rings. The normalized spacial score (nSPS) is 16.8. The minimum Gasteiger partial charge on any atom is -0.450 e. The lowest BCUT2D eigenvalue weighted by Gasteiger charge is -2.32. The van der Waals surface area contributed by atoms with E-state index in [1.165, 1.54) is 45.8 Å². The first-order valence-corrected chi connectivity index (χ1v) is 16.3. The fourth-order valence-corrected chi connectivity index (χ4v) is 8.13. The number of anilines is 2. The van der Waals surface area contributed by atoms with Crippen LogP contribution in [-0.2, 0) is 22.6 Å². The number of hydrogen-bond donors (Lipinski definition) is 0. The highest BCUT2D eigenvalue weighted by molar-refractivity contribution is 8.00. The number of aromatic nitrogens is 2. The molecule has 4 heterocycles. The summed E-state index contributed by atoms with van der Waals surface area (Å²) in [6.07, 6.45) is 0. The zero-order valence-electron chi connectivity index (χ0n) is 24.6. The predicted molar refractivity (Wildman–Crippen MR) is 175 cm³/mol. The maximum absolute atomic E-state index is 15.0. The number of rotatable bonds is 6. The van der Waals surface area contributed by atoms with Crippen LogP contribution in [0.15, 0.2) is 105 Å². The highest BCUT2D eigenvalue weighted by atomic mass is 32.2. The van der Waals surface area contributed by atoms with Gasteiger partial charge in [-0.05, 0) is 60.5 Å². The number of nitrogens with zero attached hydrogens (tertiary/aromatic N) is 4. The van der Waals surface area contributed by atoms with E-state index in [0.717, 1.165) is 22.5 Å². The number of benzene rings is 4. The van der Waals surface area contributed by atoms with Crippen molar-refractivity contribution in [2.75, 3.05) is 9.80 Å². The van der Waals surface area contributed by atoms with E-state index in [1.54, 1.807) is 66.7 Å². The maximum Gasteiger partial charge on any atom is 0.297 e. The zero-order chi connectivity index (χ0) is 32.4. The summed E-state index contributed by atoms with van der Waals surface area (Å²) in [4.78, 5) is 46.8. The SMILES string of the molecule is Cc1ccc2oc3c(c(=O)c2c1)C1(C(=O)N(Cc2ccc(F)cc2)c2ccccc21)N(c1nnc(SCc2ccc(F)cc2)s1)C3=O. The minimum absolute atomic E-state index is 0.0577. The van der Waals surface area contributed by atoms with Gasteiger partial charge in [-0.15, -0.1) is 10.2 Å². The number of para-hydroxylation sites is 1. The molecule has 0 aliphatic carbocycles. The number of thioether (sulfide) groups is 1. The molecule has 1 atom stereocenters. The Labute approximate surface area is 274 Å². The average molecular weight is 665 g/mol. The van der Waals surface area contributed by atoms with Gasteiger partial charge in [0.1, 0.15) is 17.2 Å². The zero-order valence-corrected chi connectivity index (χ0v) is 26.2. The molecule has 12 heteroatoms. The van der Waals surface area contributed by atoms with Crippen molar-refractivity contribution in [2.24, 2.45) is 0 Å². The molecule has 232 valence electrons. The van der Waals surface area contributed by atoms with Gasteiger partial charge in [-0.25, -0.2) is 8.78 Å². The molecule has 1 spiro atoms. The van der Waals surface area contributed by atoms with Crippen molar-refractivity contribution >= 4 is 56.7 Å². The van der Waals surface area contributed by atoms with Crippen LogP contribution in [-0.4, -0.2) is 22.0 Å². The topological polar surface area (TPSA) is 96.6 Å². The van der Waals surface area contributed by atoms with Crippen molar-refractivity contribution in [1.82, 2.24) is 10.2 Å². The fourth-order valence-electron chi connectivity index (χ4n) is 6.28. The Balaban J connectivity index is 1.31. The van der Waals surface area contributed by atoms with E-state index in [2.05, 4.69) is 10.2 Å². The van der Waals surface area contributed by atoms with E-state index < -0.39 is 28.6 Å². The van der Waals surface area contributed by atoms with E-state index in [-0.39, 0.29) is 39.8 Å². The molecule has 2 amide bonds. The lowest BCUT2D eigenvalue weighted by atomic mass is 9.84. The molecule has 0 fully saturated rings. The predicted octanol–water partition coefficient (Wildman–Crippen LogP) is 6.97. The van der Waals surface area contributed by atoms with Gasteiger partial charge in [-0.2, -0.15) is 0 Å². The third kappa shape index (κ3) is 4.50. The van der Waals surface area contributed by atoms with Crippen LogP contribution in [0.1, 0.15) is 38.4 Å². The van der Waals surface area contributed by atoms with Gasteiger partial charge in [0.25, 0.3) is 11.8 Å².